The number of nitrogens with zero attached hydrogens (tertiary/aromatic N) is 1. The highest BCUT2D eigenvalue weighted by molar-refractivity contribution is 5.54. The fourth-order valence-corrected chi connectivity index (χ4v) is 1.98. The monoisotopic (exact) mass is 268 g/mol. The number of aliphatic hydroxyl groups excluding tert-OH is 1. The van der Waals surface area contributed by atoms with E-state index < -0.39 is 6.10 Å². The molecule has 108 valence electrons. The lowest BCUT2D eigenvalue weighted by molar-refractivity contribution is 0.201. The van der Waals surface area contributed by atoms with E-state index in [1.54, 1.807) is 24.9 Å². The van der Waals surface area contributed by atoms with Gasteiger partial charge in [0, 0.05) is 25.7 Å². The van der Waals surface area contributed by atoms with Gasteiger partial charge in [-0.15, -0.1) is 0 Å². The van der Waals surface area contributed by atoms with Crippen molar-refractivity contribution >= 4 is 5.69 Å². The number of para-hydroxylation sites is 1. The van der Waals surface area contributed by atoms with Crippen LogP contribution in [-0.4, -0.2) is 30.3 Å². The Balaban J connectivity index is 2.95. The van der Waals surface area contributed by atoms with E-state index in [-0.39, 0.29) is 11.4 Å². The minimum atomic E-state index is -0.493. The maximum Gasteiger partial charge on any atom is 0.146 e. The Morgan fingerprint density at radius 2 is 2.00 bits per heavy atom. The normalized spacial score (nSPS) is 13.4. The van der Waals surface area contributed by atoms with Gasteiger partial charge in [0.15, 0.2) is 0 Å². The van der Waals surface area contributed by atoms with Gasteiger partial charge in [0.25, 0.3) is 0 Å². The van der Waals surface area contributed by atoms with E-state index in [0.29, 0.717) is 18.8 Å². The molecule has 1 aromatic carbocycles. The number of hydrogen-bond donors (Lipinski definition) is 2. The van der Waals surface area contributed by atoms with Gasteiger partial charge in [-0.3, -0.25) is 0 Å². The Morgan fingerprint density at radius 1 is 1.37 bits per heavy atom. The smallest absolute Gasteiger partial charge is 0.146 e. The van der Waals surface area contributed by atoms with Crippen molar-refractivity contribution < 1.29 is 9.50 Å². The standard InChI is InChI=1S/C15H25FN2O/c1-11(19)10-18(5)14-12(7-6-8-13(14)16)9-17-15(2,3)4/h6-8,11,17,19H,9-10H2,1-5H3. The van der Waals surface area contributed by atoms with Crippen LogP contribution in [0, 0.1) is 5.82 Å². The molecule has 1 rings (SSSR count). The van der Waals surface area contributed by atoms with E-state index in [2.05, 4.69) is 26.1 Å². The molecule has 0 radical (unpaired) electrons. The molecule has 0 fully saturated rings. The maximum absolute atomic E-state index is 14.0. The van der Waals surface area contributed by atoms with E-state index in [1.807, 2.05) is 6.07 Å². The van der Waals surface area contributed by atoms with Crippen LogP contribution in [0.3, 0.4) is 0 Å². The van der Waals surface area contributed by atoms with Crippen LogP contribution in [-0.2, 0) is 6.54 Å². The van der Waals surface area contributed by atoms with E-state index in [1.165, 1.54) is 6.07 Å². The van der Waals surface area contributed by atoms with Gasteiger partial charge in [0.1, 0.15) is 5.82 Å². The third-order valence-electron chi connectivity index (χ3n) is 2.80. The predicted octanol–water partition coefficient (Wildman–Crippen LogP) is 2.53. The summed E-state index contributed by atoms with van der Waals surface area (Å²) in [6, 6.07) is 5.08. The molecule has 0 amide bonds. The van der Waals surface area contributed by atoms with E-state index in [4.69, 9.17) is 0 Å². The number of aliphatic hydroxyl groups is 1. The topological polar surface area (TPSA) is 35.5 Å². The summed E-state index contributed by atoms with van der Waals surface area (Å²) in [5.74, 6) is -0.253. The Labute approximate surface area is 115 Å². The zero-order chi connectivity index (χ0) is 14.6. The second-order valence-corrected chi connectivity index (χ2v) is 6.08. The fourth-order valence-electron chi connectivity index (χ4n) is 1.98. The van der Waals surface area contributed by atoms with Crippen molar-refractivity contribution in [3.8, 4) is 0 Å². The van der Waals surface area contributed by atoms with Crippen LogP contribution >= 0.6 is 0 Å². The quantitative estimate of drug-likeness (QED) is 0.861. The first-order chi connectivity index (χ1) is 8.70. The van der Waals surface area contributed by atoms with E-state index in [9.17, 15) is 9.50 Å². The Kier molecular flexibility index (Phi) is 5.32. The lowest BCUT2D eigenvalue weighted by Gasteiger charge is -2.26. The maximum atomic E-state index is 14.0. The van der Waals surface area contributed by atoms with Crippen molar-refractivity contribution in [3.63, 3.8) is 0 Å². The molecule has 0 aliphatic heterocycles. The van der Waals surface area contributed by atoms with Gasteiger partial charge in [0.2, 0.25) is 0 Å². The second-order valence-electron chi connectivity index (χ2n) is 6.08. The van der Waals surface area contributed by atoms with Gasteiger partial charge < -0.3 is 15.3 Å². The summed E-state index contributed by atoms with van der Waals surface area (Å²) in [5, 5.41) is 12.8. The number of halogens is 1. The highest BCUT2D eigenvalue weighted by atomic mass is 19.1. The van der Waals surface area contributed by atoms with Gasteiger partial charge in [-0.05, 0) is 39.3 Å². The summed E-state index contributed by atoms with van der Waals surface area (Å²) in [6.07, 6.45) is -0.493. The number of likely N-dealkylation sites (N-methyl/N-ethyl adjacent to an activating group) is 1. The van der Waals surface area contributed by atoms with Crippen LogP contribution < -0.4 is 10.2 Å². The van der Waals surface area contributed by atoms with Crippen molar-refractivity contribution in [3.05, 3.63) is 29.6 Å². The zero-order valence-electron chi connectivity index (χ0n) is 12.5. The van der Waals surface area contributed by atoms with Crippen molar-refractivity contribution in [1.29, 1.82) is 0 Å². The van der Waals surface area contributed by atoms with Crippen molar-refractivity contribution in [2.45, 2.75) is 45.9 Å². The summed E-state index contributed by atoms with van der Waals surface area (Å²) in [6.45, 7) is 8.93. The van der Waals surface area contributed by atoms with Crippen molar-refractivity contribution in [2.24, 2.45) is 0 Å². The Bertz CT molecular complexity index is 413. The largest absolute Gasteiger partial charge is 0.392 e. The molecular formula is C15H25FN2O. The number of anilines is 1. The lowest BCUT2D eigenvalue weighted by Crippen LogP contribution is -2.36. The lowest BCUT2D eigenvalue weighted by atomic mass is 10.1. The van der Waals surface area contributed by atoms with Crippen LogP contribution in [0.2, 0.25) is 0 Å². The minimum absolute atomic E-state index is 0.0214. The molecule has 0 heterocycles. The second kappa shape index (κ2) is 6.35. The summed E-state index contributed by atoms with van der Waals surface area (Å²) >= 11 is 0. The number of rotatable bonds is 5. The van der Waals surface area contributed by atoms with Crippen LogP contribution in [0.5, 0.6) is 0 Å². The molecule has 0 saturated heterocycles. The molecule has 19 heavy (non-hydrogen) atoms. The molecule has 1 aromatic rings. The van der Waals surface area contributed by atoms with Crippen LogP contribution in [0.15, 0.2) is 18.2 Å². The molecule has 0 aliphatic rings. The average Bonchev–Trinajstić information content (AvgIpc) is 2.24. The van der Waals surface area contributed by atoms with Gasteiger partial charge in [-0.1, -0.05) is 12.1 Å². The summed E-state index contributed by atoms with van der Waals surface area (Å²) < 4.78 is 14.0. The van der Waals surface area contributed by atoms with Crippen LogP contribution in [0.4, 0.5) is 10.1 Å². The molecule has 4 heteroatoms. The predicted molar refractivity (Wildman–Crippen MR) is 77.9 cm³/mol. The van der Waals surface area contributed by atoms with Gasteiger partial charge in [-0.25, -0.2) is 4.39 Å². The molecule has 0 bridgehead atoms. The third kappa shape index (κ3) is 5.17. The fraction of sp³-hybridized carbons (Fsp3) is 0.600. The summed E-state index contributed by atoms with van der Waals surface area (Å²) in [7, 11) is 1.80. The first kappa shape index (κ1) is 15.9. The zero-order valence-corrected chi connectivity index (χ0v) is 12.5. The first-order valence-corrected chi connectivity index (χ1v) is 6.62. The average molecular weight is 268 g/mol. The van der Waals surface area contributed by atoms with Gasteiger partial charge >= 0.3 is 0 Å². The Morgan fingerprint density at radius 3 is 2.53 bits per heavy atom. The number of nitrogens with one attached hydrogen (secondary N) is 1. The number of hydrogen-bond acceptors (Lipinski definition) is 3. The molecular weight excluding hydrogens is 243 g/mol. The molecule has 0 aliphatic carbocycles. The third-order valence-corrected chi connectivity index (χ3v) is 2.80. The number of benzene rings is 1. The molecule has 0 spiro atoms. The molecule has 3 nitrogen and oxygen atoms in total. The highest BCUT2D eigenvalue weighted by Gasteiger charge is 2.16. The molecule has 1 atom stereocenters. The summed E-state index contributed by atoms with van der Waals surface area (Å²) in [5.41, 5.74) is 1.44. The Hall–Kier alpha value is -1.13. The molecule has 0 saturated carbocycles. The van der Waals surface area contributed by atoms with Crippen molar-refractivity contribution in [1.82, 2.24) is 5.32 Å². The van der Waals surface area contributed by atoms with Crippen LogP contribution in [0.1, 0.15) is 33.3 Å². The van der Waals surface area contributed by atoms with E-state index >= 15 is 0 Å². The van der Waals surface area contributed by atoms with Gasteiger partial charge in [-0.2, -0.15) is 0 Å². The molecule has 0 aromatic heterocycles. The van der Waals surface area contributed by atoms with E-state index in [0.717, 1.165) is 5.56 Å². The molecule has 1 unspecified atom stereocenters. The van der Waals surface area contributed by atoms with Crippen LogP contribution in [0.25, 0.3) is 0 Å². The first-order valence-electron chi connectivity index (χ1n) is 6.62. The summed E-state index contributed by atoms with van der Waals surface area (Å²) in [4.78, 5) is 1.76. The van der Waals surface area contributed by atoms with Gasteiger partial charge in [0.05, 0.1) is 11.8 Å². The minimum Gasteiger partial charge on any atom is -0.392 e. The highest BCUT2D eigenvalue weighted by Crippen LogP contribution is 2.24. The van der Waals surface area contributed by atoms with Crippen molar-refractivity contribution in [2.75, 3.05) is 18.5 Å². The SMILES string of the molecule is CC(O)CN(C)c1c(F)cccc1CNC(C)(C)C. The molecule has 2 N–H and O–H groups in total.